The first-order valence-corrected chi connectivity index (χ1v) is 10.4. The van der Waals surface area contributed by atoms with Crippen molar-refractivity contribution in [3.63, 3.8) is 0 Å². The third-order valence-electron chi connectivity index (χ3n) is 3.24. The van der Waals surface area contributed by atoms with E-state index in [0.717, 1.165) is 24.2 Å². The van der Waals surface area contributed by atoms with Crippen LogP contribution in [0.1, 0.15) is 129 Å². The van der Waals surface area contributed by atoms with Gasteiger partial charge in [-0.3, -0.25) is 0 Å². The molecule has 0 aromatic carbocycles. The van der Waals surface area contributed by atoms with Crippen molar-refractivity contribution in [3.05, 3.63) is 0 Å². The average molecular weight is 361 g/mol. The molecule has 0 heterocycles. The number of ketones is 1. The van der Waals surface area contributed by atoms with Crippen molar-refractivity contribution in [1.29, 1.82) is 0 Å². The summed E-state index contributed by atoms with van der Waals surface area (Å²) in [5.74, 6) is 3.49. The summed E-state index contributed by atoms with van der Waals surface area (Å²) in [5.41, 5.74) is 0. The van der Waals surface area contributed by atoms with Crippen molar-refractivity contribution >= 4 is 5.78 Å². The van der Waals surface area contributed by atoms with Crippen LogP contribution in [0.3, 0.4) is 0 Å². The fourth-order valence-electron chi connectivity index (χ4n) is 1.73. The van der Waals surface area contributed by atoms with Crippen molar-refractivity contribution < 1.29 is 4.79 Å². The molecule has 0 atom stereocenters. The molecule has 0 unspecified atom stereocenters. The summed E-state index contributed by atoms with van der Waals surface area (Å²) >= 11 is 0. The zero-order valence-electron chi connectivity index (χ0n) is 19.5. The average Bonchev–Trinajstić information content (AvgIpc) is 2.38. The summed E-state index contributed by atoms with van der Waals surface area (Å²) in [4.78, 5) is 10.3. The highest BCUT2D eigenvalue weighted by atomic mass is 16.1. The zero-order valence-corrected chi connectivity index (χ0v) is 19.5. The number of hydrogen-bond donors (Lipinski definition) is 0. The molecule has 0 aromatic heterocycles. The lowest BCUT2D eigenvalue weighted by molar-refractivity contribution is -0.117. The van der Waals surface area contributed by atoms with Gasteiger partial charge in [0.2, 0.25) is 0 Å². The van der Waals surface area contributed by atoms with E-state index >= 15 is 0 Å². The van der Waals surface area contributed by atoms with Crippen LogP contribution < -0.4 is 0 Å². The van der Waals surface area contributed by atoms with Gasteiger partial charge in [0.1, 0.15) is 5.78 Å². The quantitative estimate of drug-likeness (QED) is 0.442. The zero-order chi connectivity index (χ0) is 20.1. The third kappa shape index (κ3) is 81.6. The molecule has 0 aliphatic rings. The Kier molecular flexibility index (Phi) is 40.7. The maximum atomic E-state index is 10.3. The molecule has 0 fully saturated rings. The third-order valence-corrected chi connectivity index (χ3v) is 3.24. The minimum atomic E-state index is 0. The molecule has 0 aliphatic heterocycles. The highest BCUT2D eigenvalue weighted by molar-refractivity contribution is 5.75. The maximum absolute atomic E-state index is 10.3. The van der Waals surface area contributed by atoms with Crippen molar-refractivity contribution in [2.24, 2.45) is 23.7 Å². The second kappa shape index (κ2) is 28.5. The SMILES string of the molecule is C.CC(=O)CC(C)C.CCC(C)C.CCCC(C)C.CCCC(C)C. The first kappa shape index (κ1) is 35.7. The molecule has 0 rings (SSSR count). The van der Waals surface area contributed by atoms with Gasteiger partial charge in [0.25, 0.3) is 0 Å². The Bertz CT molecular complexity index is 204. The predicted molar refractivity (Wildman–Crippen MR) is 121 cm³/mol. The molecule has 0 aromatic rings. The van der Waals surface area contributed by atoms with E-state index in [9.17, 15) is 4.79 Å². The summed E-state index contributed by atoms with van der Waals surface area (Å²) in [5, 5.41) is 0. The van der Waals surface area contributed by atoms with Gasteiger partial charge in [-0.2, -0.15) is 0 Å². The molecule has 0 aliphatic carbocycles. The van der Waals surface area contributed by atoms with Gasteiger partial charge in [-0.15, -0.1) is 0 Å². The van der Waals surface area contributed by atoms with Crippen LogP contribution in [0.5, 0.6) is 0 Å². The van der Waals surface area contributed by atoms with Crippen LogP contribution in [0.15, 0.2) is 0 Å². The van der Waals surface area contributed by atoms with Crippen LogP contribution in [-0.4, -0.2) is 5.78 Å². The standard InChI is InChI=1S/C6H12O.2C6H14.C5H12.CH4/c1-5(2)4-6(3)7;2*1-4-5-6(2)3;1-4-5(2)3;/h5H,4H2,1-3H3;2*6H,4-5H2,1-3H3;5H,4H2,1-3H3;1H4. The van der Waals surface area contributed by atoms with Gasteiger partial charge in [0, 0.05) is 6.42 Å². The van der Waals surface area contributed by atoms with E-state index in [0.29, 0.717) is 5.92 Å². The van der Waals surface area contributed by atoms with Gasteiger partial charge in [-0.1, -0.05) is 116 Å². The van der Waals surface area contributed by atoms with Crippen molar-refractivity contribution in [1.82, 2.24) is 0 Å². The molecular weight excluding hydrogens is 304 g/mol. The second-order valence-corrected chi connectivity index (χ2v) is 8.47. The second-order valence-electron chi connectivity index (χ2n) is 8.47. The highest BCUT2D eigenvalue weighted by Gasteiger charge is 1.95. The molecule has 0 amide bonds. The summed E-state index contributed by atoms with van der Waals surface area (Å²) in [6.45, 7) is 25.8. The Labute approximate surface area is 163 Å². The Hall–Kier alpha value is -0.330. The molecule has 25 heavy (non-hydrogen) atoms. The molecule has 0 saturated carbocycles. The Balaban J connectivity index is -0.0000000706. The highest BCUT2D eigenvalue weighted by Crippen LogP contribution is 2.01. The Morgan fingerprint density at radius 1 is 0.640 bits per heavy atom. The predicted octanol–water partition coefficient (Wildman–Crippen LogP) is 9.20. The van der Waals surface area contributed by atoms with Crippen LogP contribution in [0, 0.1) is 23.7 Å². The minimum absolute atomic E-state index is 0. The van der Waals surface area contributed by atoms with Crippen LogP contribution in [-0.2, 0) is 4.79 Å². The smallest absolute Gasteiger partial charge is 0.130 e. The maximum Gasteiger partial charge on any atom is 0.130 e. The Morgan fingerprint density at radius 2 is 0.920 bits per heavy atom. The molecular formula is C24H56O. The summed E-state index contributed by atoms with van der Waals surface area (Å²) < 4.78 is 0. The van der Waals surface area contributed by atoms with Gasteiger partial charge < -0.3 is 4.79 Å². The molecule has 158 valence electrons. The first-order valence-electron chi connectivity index (χ1n) is 10.4. The lowest BCUT2D eigenvalue weighted by atomic mass is 10.1. The van der Waals surface area contributed by atoms with Gasteiger partial charge in [-0.05, 0) is 30.6 Å². The van der Waals surface area contributed by atoms with E-state index < -0.39 is 0 Å². The van der Waals surface area contributed by atoms with Crippen LogP contribution >= 0.6 is 0 Å². The van der Waals surface area contributed by atoms with Crippen LogP contribution in [0.4, 0.5) is 0 Å². The molecule has 1 nitrogen and oxygen atoms in total. The molecule has 0 spiro atoms. The number of Topliss-reactive ketones (excluding diaryl/α,β-unsaturated/α-hetero) is 1. The van der Waals surface area contributed by atoms with E-state index in [1.165, 1.54) is 32.1 Å². The van der Waals surface area contributed by atoms with E-state index in [1.54, 1.807) is 6.92 Å². The van der Waals surface area contributed by atoms with E-state index in [-0.39, 0.29) is 13.2 Å². The largest absolute Gasteiger partial charge is 0.300 e. The van der Waals surface area contributed by atoms with Crippen LogP contribution in [0.25, 0.3) is 0 Å². The summed E-state index contributed by atoms with van der Waals surface area (Å²) in [6.07, 6.45) is 7.44. The lowest BCUT2D eigenvalue weighted by Crippen LogP contribution is -1.95. The number of hydrogen-bond acceptors (Lipinski definition) is 1. The van der Waals surface area contributed by atoms with E-state index in [1.807, 2.05) is 13.8 Å². The number of carbonyl (C=O) groups excluding carboxylic acids is 1. The van der Waals surface area contributed by atoms with Gasteiger partial charge in [0.15, 0.2) is 0 Å². The van der Waals surface area contributed by atoms with Gasteiger partial charge in [-0.25, -0.2) is 0 Å². The van der Waals surface area contributed by atoms with Crippen molar-refractivity contribution in [2.45, 2.75) is 129 Å². The normalized spacial score (nSPS) is 9.44. The Morgan fingerprint density at radius 3 is 0.920 bits per heavy atom. The molecule has 0 N–H and O–H groups in total. The molecule has 0 radical (unpaired) electrons. The fraction of sp³-hybridized carbons (Fsp3) is 0.958. The van der Waals surface area contributed by atoms with Crippen LogP contribution in [0.2, 0.25) is 0 Å². The van der Waals surface area contributed by atoms with Crippen molar-refractivity contribution in [2.75, 3.05) is 0 Å². The van der Waals surface area contributed by atoms with E-state index in [2.05, 4.69) is 62.3 Å². The van der Waals surface area contributed by atoms with E-state index in [4.69, 9.17) is 0 Å². The van der Waals surface area contributed by atoms with Gasteiger partial charge in [0.05, 0.1) is 0 Å². The minimum Gasteiger partial charge on any atom is -0.300 e. The monoisotopic (exact) mass is 360 g/mol. The lowest BCUT2D eigenvalue weighted by Gasteiger charge is -1.95. The van der Waals surface area contributed by atoms with Crippen molar-refractivity contribution in [3.8, 4) is 0 Å². The molecule has 0 bridgehead atoms. The molecule has 1 heteroatoms. The number of rotatable bonds is 7. The fourth-order valence-corrected chi connectivity index (χ4v) is 1.73. The summed E-state index contributed by atoms with van der Waals surface area (Å²) in [7, 11) is 0. The first-order chi connectivity index (χ1) is 10.9. The summed E-state index contributed by atoms with van der Waals surface area (Å²) in [6, 6.07) is 0. The topological polar surface area (TPSA) is 17.1 Å². The van der Waals surface area contributed by atoms with Gasteiger partial charge >= 0.3 is 0 Å². The molecule has 0 saturated heterocycles. The number of carbonyl (C=O) groups is 1.